The zero-order valence-corrected chi connectivity index (χ0v) is 23.5. The highest BCUT2D eigenvalue weighted by molar-refractivity contribution is 7.21. The molecule has 1 aliphatic heterocycles. The monoisotopic (exact) mass is 566 g/mol. The van der Waals surface area contributed by atoms with Crippen molar-refractivity contribution in [1.29, 1.82) is 0 Å². The number of urea groups is 1. The summed E-state index contributed by atoms with van der Waals surface area (Å²) >= 11 is 1.30. The van der Waals surface area contributed by atoms with Crippen molar-refractivity contribution in [2.45, 2.75) is 56.6 Å². The summed E-state index contributed by atoms with van der Waals surface area (Å²) in [7, 11) is 0. The van der Waals surface area contributed by atoms with Gasteiger partial charge in [0.25, 0.3) is 5.91 Å². The fraction of sp³-hybridized carbons (Fsp3) is 0.344. The van der Waals surface area contributed by atoms with Crippen LogP contribution in [-0.2, 0) is 0 Å². The summed E-state index contributed by atoms with van der Waals surface area (Å²) < 4.78 is 5.99. The lowest BCUT2D eigenvalue weighted by atomic mass is 9.51. The van der Waals surface area contributed by atoms with Crippen molar-refractivity contribution in [3.05, 3.63) is 71.2 Å². The van der Waals surface area contributed by atoms with Gasteiger partial charge in [0.1, 0.15) is 21.2 Å². The summed E-state index contributed by atoms with van der Waals surface area (Å²) in [6.45, 7) is 1.94. The molecule has 0 unspecified atom stereocenters. The van der Waals surface area contributed by atoms with Crippen molar-refractivity contribution >= 4 is 50.6 Å². The molecular weight excluding hydrogens is 536 g/mol. The van der Waals surface area contributed by atoms with E-state index in [2.05, 4.69) is 15.6 Å². The number of aryl methyl sites for hydroxylation is 1. The van der Waals surface area contributed by atoms with Crippen molar-refractivity contribution in [3.8, 4) is 11.5 Å². The van der Waals surface area contributed by atoms with E-state index in [1.54, 1.807) is 11.1 Å². The van der Waals surface area contributed by atoms with Crippen LogP contribution in [0.25, 0.3) is 10.2 Å². The molecule has 3 amide bonds. The number of anilines is 3. The first kappa shape index (κ1) is 24.8. The maximum absolute atomic E-state index is 13.8. The van der Waals surface area contributed by atoms with Crippen LogP contribution in [0.15, 0.2) is 60.8 Å². The molecule has 4 bridgehead atoms. The number of ether oxygens (including phenoxy) is 1. The molecule has 4 atom stereocenters. The molecule has 208 valence electrons. The predicted molar refractivity (Wildman–Crippen MR) is 158 cm³/mol. The first-order valence-electron chi connectivity index (χ1n) is 14.2. The Labute approximate surface area is 241 Å². The number of thiophene rings is 1. The van der Waals surface area contributed by atoms with Crippen LogP contribution in [0.3, 0.4) is 0 Å². The number of amides is 3. The summed E-state index contributed by atoms with van der Waals surface area (Å²) in [5.74, 6) is 2.13. The van der Waals surface area contributed by atoms with Crippen molar-refractivity contribution in [1.82, 2.24) is 10.3 Å². The second kappa shape index (κ2) is 8.77. The average molecular weight is 567 g/mol. The molecule has 4 aromatic rings. The van der Waals surface area contributed by atoms with E-state index in [9.17, 15) is 14.7 Å². The minimum Gasteiger partial charge on any atom is -0.457 e. The number of hydrogen-bond donors (Lipinski definition) is 3. The van der Waals surface area contributed by atoms with Gasteiger partial charge in [-0.1, -0.05) is 18.2 Å². The van der Waals surface area contributed by atoms with Crippen LogP contribution < -0.4 is 20.3 Å². The number of hydrogen-bond acceptors (Lipinski definition) is 6. The van der Waals surface area contributed by atoms with Gasteiger partial charge in [0.15, 0.2) is 0 Å². The van der Waals surface area contributed by atoms with E-state index in [-0.39, 0.29) is 17.5 Å². The molecule has 5 aliphatic rings. The molecule has 3 N–H and O–H groups in total. The largest absolute Gasteiger partial charge is 0.457 e. The van der Waals surface area contributed by atoms with Gasteiger partial charge in [0.05, 0.1) is 28.0 Å². The zero-order valence-electron chi connectivity index (χ0n) is 22.6. The SMILES string of the molecule is Cc1cc(Oc2ccccc2)ccc1N1C(=O)Nc2c(C(=O)N[C@@]34C[C@@H]5C[C@@H](C[C@@](O)(C5)C3)C4)sc3nccc1c23. The van der Waals surface area contributed by atoms with Crippen molar-refractivity contribution in [3.63, 3.8) is 0 Å². The first-order chi connectivity index (χ1) is 19.8. The smallest absolute Gasteiger partial charge is 0.331 e. The van der Waals surface area contributed by atoms with Gasteiger partial charge in [0, 0.05) is 11.7 Å². The van der Waals surface area contributed by atoms with Gasteiger partial charge in [-0.2, -0.15) is 0 Å². The number of para-hydroxylation sites is 1. The lowest BCUT2D eigenvalue weighted by Gasteiger charge is -2.60. The predicted octanol–water partition coefficient (Wildman–Crippen LogP) is 6.89. The van der Waals surface area contributed by atoms with Gasteiger partial charge in [-0.25, -0.2) is 9.78 Å². The zero-order chi connectivity index (χ0) is 27.9. The molecule has 41 heavy (non-hydrogen) atoms. The summed E-state index contributed by atoms with van der Waals surface area (Å²) in [4.78, 5) is 34.8. The molecule has 3 heterocycles. The Morgan fingerprint density at radius 2 is 1.85 bits per heavy atom. The normalized spacial score (nSPS) is 27.7. The molecule has 0 spiro atoms. The number of carbonyl (C=O) groups is 2. The Morgan fingerprint density at radius 3 is 2.59 bits per heavy atom. The van der Waals surface area contributed by atoms with E-state index in [1.807, 2.05) is 61.5 Å². The van der Waals surface area contributed by atoms with E-state index < -0.39 is 5.60 Å². The Kier molecular flexibility index (Phi) is 5.31. The first-order valence-corrected chi connectivity index (χ1v) is 15.0. The third-order valence-electron chi connectivity index (χ3n) is 9.25. The lowest BCUT2D eigenvalue weighted by Crippen LogP contribution is -2.65. The van der Waals surface area contributed by atoms with E-state index in [1.165, 1.54) is 11.3 Å². The molecule has 4 saturated carbocycles. The molecule has 2 aromatic heterocycles. The number of nitrogens with one attached hydrogen (secondary N) is 2. The van der Waals surface area contributed by atoms with Crippen LogP contribution in [-0.4, -0.2) is 33.2 Å². The van der Waals surface area contributed by atoms with Gasteiger partial charge in [-0.05, 0) is 99.2 Å². The number of pyridine rings is 1. The second-order valence-corrected chi connectivity index (χ2v) is 13.4. The van der Waals surface area contributed by atoms with Crippen LogP contribution in [0.4, 0.5) is 21.9 Å². The van der Waals surface area contributed by atoms with Gasteiger partial charge >= 0.3 is 6.03 Å². The van der Waals surface area contributed by atoms with E-state index >= 15 is 0 Å². The van der Waals surface area contributed by atoms with Crippen molar-refractivity contribution < 1.29 is 19.4 Å². The Balaban J connectivity index is 1.12. The molecular formula is C32H30N4O4S. The lowest BCUT2D eigenvalue weighted by molar-refractivity contribution is -0.139. The van der Waals surface area contributed by atoms with Gasteiger partial charge in [0.2, 0.25) is 0 Å². The number of aromatic nitrogens is 1. The quantitative estimate of drug-likeness (QED) is 0.244. The van der Waals surface area contributed by atoms with Crippen LogP contribution in [0.5, 0.6) is 11.5 Å². The number of nitrogens with zero attached hydrogens (tertiary/aromatic N) is 2. The Hall–Kier alpha value is -3.95. The highest BCUT2D eigenvalue weighted by atomic mass is 32.1. The van der Waals surface area contributed by atoms with Crippen LogP contribution in [0.1, 0.15) is 53.8 Å². The summed E-state index contributed by atoms with van der Waals surface area (Å²) in [5, 5.41) is 18.3. The third-order valence-corrected chi connectivity index (χ3v) is 10.3. The van der Waals surface area contributed by atoms with Crippen molar-refractivity contribution in [2.24, 2.45) is 11.8 Å². The number of rotatable bonds is 5. The molecule has 0 saturated heterocycles. The number of carbonyl (C=O) groups excluding carboxylic acids is 2. The molecule has 0 radical (unpaired) electrons. The van der Waals surface area contributed by atoms with Crippen LogP contribution >= 0.6 is 11.3 Å². The molecule has 9 heteroatoms. The molecule has 4 fully saturated rings. The fourth-order valence-corrected chi connectivity index (χ4v) is 9.22. The Bertz CT molecular complexity index is 1720. The maximum atomic E-state index is 13.8. The summed E-state index contributed by atoms with van der Waals surface area (Å²) in [6.07, 6.45) is 6.93. The topological polar surface area (TPSA) is 104 Å². The van der Waals surface area contributed by atoms with E-state index in [0.717, 1.165) is 54.5 Å². The number of benzene rings is 2. The van der Waals surface area contributed by atoms with Crippen LogP contribution in [0, 0.1) is 18.8 Å². The summed E-state index contributed by atoms with van der Waals surface area (Å²) in [6, 6.07) is 16.7. The molecule has 8 nitrogen and oxygen atoms in total. The average Bonchev–Trinajstić information content (AvgIpc) is 3.28. The fourth-order valence-electron chi connectivity index (χ4n) is 8.21. The van der Waals surface area contributed by atoms with Gasteiger partial charge in [-0.15, -0.1) is 11.3 Å². The highest BCUT2D eigenvalue weighted by Gasteiger charge is 2.58. The van der Waals surface area contributed by atoms with Crippen molar-refractivity contribution in [2.75, 3.05) is 10.2 Å². The van der Waals surface area contributed by atoms with Gasteiger partial charge in [-0.3, -0.25) is 9.69 Å². The Morgan fingerprint density at radius 1 is 1.07 bits per heavy atom. The summed E-state index contributed by atoms with van der Waals surface area (Å²) in [5.41, 5.74) is 1.73. The second-order valence-electron chi connectivity index (χ2n) is 12.4. The minimum atomic E-state index is -0.672. The van der Waals surface area contributed by atoms with E-state index in [4.69, 9.17) is 4.74 Å². The third kappa shape index (κ3) is 4.01. The van der Waals surface area contributed by atoms with E-state index in [0.29, 0.717) is 45.1 Å². The molecule has 2 aromatic carbocycles. The van der Waals surface area contributed by atoms with Gasteiger partial charge < -0.3 is 20.5 Å². The standard InChI is InChI=1S/C32H30N4O4S/c1-18-11-22(40-21-5-3-2-4-6-21)7-8-23(18)36-24-9-10-33-29-25(24)26(34-30(36)38)27(41-29)28(37)35-31-13-19-12-20(14-31)16-32(39,15-19)17-31/h2-11,19-20,39H,12-17H2,1H3,(H,34,38)(H,35,37)/t19-,20+,31+,32-. The van der Waals surface area contributed by atoms with Crippen LogP contribution in [0.2, 0.25) is 0 Å². The highest BCUT2D eigenvalue weighted by Crippen LogP contribution is 2.58. The maximum Gasteiger partial charge on any atom is 0.331 e. The minimum absolute atomic E-state index is 0.202. The molecule has 9 rings (SSSR count). The number of aliphatic hydroxyl groups is 1. The molecule has 4 aliphatic carbocycles.